The number of nitrogens with two attached hydrogens (primary N) is 1. The molecule has 0 aliphatic rings. The van der Waals surface area contributed by atoms with Crippen molar-refractivity contribution in [2.24, 2.45) is 40.9 Å². The van der Waals surface area contributed by atoms with Crippen molar-refractivity contribution in [3.8, 4) is 11.5 Å². The molecule has 0 heterocycles. The highest BCUT2D eigenvalue weighted by atomic mass is 32.2. The first-order chi connectivity index (χ1) is 39.8. The minimum absolute atomic E-state index is 0.0510. The maximum Gasteiger partial charge on any atom is 0.297 e. The molecule has 0 radical (unpaired) electrons. The van der Waals surface area contributed by atoms with E-state index in [0.717, 1.165) is 18.2 Å². The first-order valence-corrected chi connectivity index (χ1v) is 32.4. The van der Waals surface area contributed by atoms with Crippen LogP contribution >= 0.6 is 0 Å². The molecule has 35 nitrogen and oxygen atoms in total. The fourth-order valence-electron chi connectivity index (χ4n) is 7.73. The molecular formula is C44H31N11O24S7. The minimum Gasteiger partial charge on any atom is -0.505 e. The number of nitrogens with zero attached hydrogens (tertiary/aromatic N) is 9. The summed E-state index contributed by atoms with van der Waals surface area (Å²) < 4.78 is 241. The van der Waals surface area contributed by atoms with Crippen LogP contribution in [-0.4, -0.2) is 101 Å². The molecule has 8 aromatic rings. The summed E-state index contributed by atoms with van der Waals surface area (Å²) in [6, 6.07) is 19.2. The Balaban J connectivity index is 1.20. The average molecular weight is 1320 g/mol. The number of benzene rings is 8. The van der Waals surface area contributed by atoms with Crippen LogP contribution in [0.1, 0.15) is 0 Å². The fourth-order valence-corrected chi connectivity index (χ4v) is 12.9. The topological polar surface area (TPSA) is 581 Å². The van der Waals surface area contributed by atoms with E-state index >= 15 is 0 Å². The van der Waals surface area contributed by atoms with Gasteiger partial charge in [-0.25, -0.2) is 8.42 Å². The molecule has 8 aromatic carbocycles. The van der Waals surface area contributed by atoms with Gasteiger partial charge in [-0.1, -0.05) is 18.2 Å². The van der Waals surface area contributed by atoms with Gasteiger partial charge in [-0.15, -0.1) is 30.7 Å². The number of nitro groups is 1. The number of sulfonamides is 1. The Hall–Kier alpha value is -9.31. The van der Waals surface area contributed by atoms with Crippen LogP contribution in [0, 0.1) is 10.1 Å². The van der Waals surface area contributed by atoms with Gasteiger partial charge in [-0.05, 0) is 91.0 Å². The summed E-state index contributed by atoms with van der Waals surface area (Å²) in [6.45, 7) is 0. The first-order valence-electron chi connectivity index (χ1n) is 22.3. The number of azo groups is 4. The number of hydrogen-bond donors (Lipinski definition) is 10. The Bertz CT molecular complexity index is 5210. The summed E-state index contributed by atoms with van der Waals surface area (Å²) in [7, 11) is -37.5. The number of nitrogens with one attached hydrogen (secondary N) is 1. The molecular weight excluding hydrogens is 1290 g/mol. The number of fused-ring (bicyclic) bond motifs is 2. The Morgan fingerprint density at radius 1 is 0.419 bits per heavy atom. The van der Waals surface area contributed by atoms with Crippen molar-refractivity contribution in [2.45, 2.75) is 34.3 Å². The van der Waals surface area contributed by atoms with Gasteiger partial charge in [0, 0.05) is 34.0 Å². The number of aromatic hydroxyl groups is 2. The lowest BCUT2D eigenvalue weighted by molar-refractivity contribution is -0.385. The molecule has 0 spiro atoms. The summed E-state index contributed by atoms with van der Waals surface area (Å²) >= 11 is 0. The van der Waals surface area contributed by atoms with Crippen LogP contribution in [0.5, 0.6) is 11.5 Å². The Labute approximate surface area is 482 Å². The molecule has 11 N–H and O–H groups in total. The summed E-state index contributed by atoms with van der Waals surface area (Å²) in [5.74, 6) is -2.94. The monoisotopic (exact) mass is 1320 g/mol. The van der Waals surface area contributed by atoms with E-state index in [4.69, 9.17) is 5.73 Å². The van der Waals surface area contributed by atoms with Gasteiger partial charge in [0.05, 0.1) is 32.3 Å². The highest BCUT2D eigenvalue weighted by Crippen LogP contribution is 2.50. The molecule has 448 valence electrons. The Morgan fingerprint density at radius 2 is 0.884 bits per heavy atom. The van der Waals surface area contributed by atoms with Crippen LogP contribution in [0.25, 0.3) is 21.5 Å². The van der Waals surface area contributed by atoms with Crippen LogP contribution in [-0.2, 0) is 70.7 Å². The number of nitrogen functional groups attached to an aromatic ring is 1. The molecule has 0 saturated heterocycles. The number of phenols is 2. The van der Waals surface area contributed by atoms with Gasteiger partial charge in [-0.3, -0.25) is 42.2 Å². The largest absolute Gasteiger partial charge is 0.505 e. The molecule has 0 fully saturated rings. The quantitative estimate of drug-likeness (QED) is 0.0126. The summed E-state index contributed by atoms with van der Waals surface area (Å²) in [6.07, 6.45) is 0. The lowest BCUT2D eigenvalue weighted by atomic mass is 10.0. The molecule has 8 rings (SSSR count). The Kier molecular flexibility index (Phi) is 16.5. The van der Waals surface area contributed by atoms with Gasteiger partial charge in [-0.2, -0.15) is 60.7 Å². The van der Waals surface area contributed by atoms with E-state index < -0.39 is 184 Å². The summed E-state index contributed by atoms with van der Waals surface area (Å²) in [5, 5.41) is 59.3. The van der Waals surface area contributed by atoms with Crippen LogP contribution in [0.3, 0.4) is 0 Å². The lowest BCUT2D eigenvalue weighted by Gasteiger charge is -2.15. The van der Waals surface area contributed by atoms with Crippen molar-refractivity contribution >= 4 is 155 Å². The smallest absolute Gasteiger partial charge is 0.297 e. The number of hydrogen-bond acceptors (Lipinski definition) is 27. The van der Waals surface area contributed by atoms with Crippen LogP contribution < -0.4 is 10.5 Å². The third-order valence-electron chi connectivity index (χ3n) is 11.5. The third-order valence-corrected chi connectivity index (χ3v) is 18.2. The third kappa shape index (κ3) is 13.3. The second kappa shape index (κ2) is 22.6. The van der Waals surface area contributed by atoms with Gasteiger partial charge in [0.25, 0.3) is 76.4 Å². The first kappa shape index (κ1) is 62.7. The van der Waals surface area contributed by atoms with Crippen molar-refractivity contribution in [2.75, 3.05) is 10.5 Å². The van der Waals surface area contributed by atoms with Gasteiger partial charge in [0.1, 0.15) is 63.5 Å². The molecule has 86 heavy (non-hydrogen) atoms. The highest BCUT2D eigenvalue weighted by molar-refractivity contribution is 7.92. The fraction of sp³-hybridized carbons (Fsp3) is 0. The molecule has 0 saturated carbocycles. The number of anilines is 2. The van der Waals surface area contributed by atoms with Crippen LogP contribution in [0.2, 0.25) is 0 Å². The summed E-state index contributed by atoms with van der Waals surface area (Å²) in [5.41, 5.74) is -2.11. The van der Waals surface area contributed by atoms with Gasteiger partial charge in [0.2, 0.25) is 0 Å². The van der Waals surface area contributed by atoms with E-state index in [-0.39, 0.29) is 34.1 Å². The SMILES string of the molecule is Nc1c(N=Nc2ccc3c(O)c(N=Nc4ccc(N=Nc5ccc(S(=O)(=O)Nc6ccccc6)cc5)cc4S(=O)(=O)O)c(S(=O)(=O)O)cc3c2S(=O)(=O)O)cc(S(=O)(=O)O)c2cc(S(=O)(=O)O)c(N=Nc3ccc([N+](=O)[O-])cc3S(=O)(=O)O)c(O)c12. The van der Waals surface area contributed by atoms with E-state index in [1.54, 1.807) is 18.2 Å². The molecule has 0 aliphatic heterocycles. The van der Waals surface area contributed by atoms with Crippen molar-refractivity contribution in [3.63, 3.8) is 0 Å². The van der Waals surface area contributed by atoms with E-state index in [2.05, 4.69) is 45.6 Å². The van der Waals surface area contributed by atoms with Crippen molar-refractivity contribution in [1.29, 1.82) is 0 Å². The van der Waals surface area contributed by atoms with Gasteiger partial charge in [0.15, 0.2) is 11.5 Å². The van der Waals surface area contributed by atoms with Crippen molar-refractivity contribution < 1.29 is 101 Å². The molecule has 42 heteroatoms. The number of phenolic OH excluding ortho intramolecular Hbond substituents is 2. The number of para-hydroxylation sites is 1. The predicted octanol–water partition coefficient (Wildman–Crippen LogP) is 8.84. The van der Waals surface area contributed by atoms with Gasteiger partial charge >= 0.3 is 0 Å². The van der Waals surface area contributed by atoms with Crippen molar-refractivity contribution in [3.05, 3.63) is 131 Å². The normalized spacial score (nSPS) is 13.2. The zero-order valence-corrected chi connectivity index (χ0v) is 47.3. The van der Waals surface area contributed by atoms with E-state index in [1.165, 1.54) is 36.4 Å². The predicted molar refractivity (Wildman–Crippen MR) is 294 cm³/mol. The van der Waals surface area contributed by atoms with E-state index in [0.29, 0.717) is 36.4 Å². The average Bonchev–Trinajstić information content (AvgIpc) is 0.782. The second-order valence-corrected chi connectivity index (χ2v) is 27.1. The molecule has 0 aliphatic carbocycles. The Morgan fingerprint density at radius 3 is 1.42 bits per heavy atom. The van der Waals surface area contributed by atoms with E-state index in [1.807, 2.05) is 0 Å². The highest BCUT2D eigenvalue weighted by Gasteiger charge is 2.32. The number of rotatable bonds is 18. The van der Waals surface area contributed by atoms with Gasteiger partial charge < -0.3 is 15.9 Å². The van der Waals surface area contributed by atoms with Crippen LogP contribution in [0.15, 0.2) is 197 Å². The molecule has 0 unspecified atom stereocenters. The number of non-ortho nitro benzene ring substituents is 1. The van der Waals surface area contributed by atoms with E-state index in [9.17, 15) is 107 Å². The minimum atomic E-state index is -5.76. The molecule has 0 amide bonds. The maximum absolute atomic E-state index is 13.1. The zero-order valence-electron chi connectivity index (χ0n) is 41.6. The summed E-state index contributed by atoms with van der Waals surface area (Å²) in [4.78, 5) is 1.75. The van der Waals surface area contributed by atoms with Crippen molar-refractivity contribution in [1.82, 2.24) is 0 Å². The number of nitro benzene ring substituents is 1. The maximum atomic E-state index is 13.1. The zero-order chi connectivity index (χ0) is 63.4. The molecule has 0 bridgehead atoms. The lowest BCUT2D eigenvalue weighted by Crippen LogP contribution is -2.12. The standard InChI is InChI=1S/C44H31N11O24S7/c45-39-32(20-33(81(62,63)64)28-19-37(85(74,75)76)41(43(57)38(28)39)53-49-30-14-9-24(55(58)59)17-35(30)83(68,69)70)51-50-31-15-12-26-27(44(31)86(77,78)79)18-36(84(71,72)73)40(42(26)56)52-48-29-13-8-23(16-34(29)82(65,66)67)47-46-21-6-10-25(11-7-21)80(60,61)54-22-4-2-1-3-5-22/h1-20,54,56-57H,45H2,(H,62,63,64)(H,65,66,67)(H,68,69,70)(H,71,72,73)(H,74,75,76)(H,77,78,79). The molecule has 0 atom stereocenters. The van der Waals surface area contributed by atoms with Crippen LogP contribution in [0.4, 0.5) is 62.6 Å². The molecule has 0 aromatic heterocycles. The second-order valence-electron chi connectivity index (χ2n) is 17.1.